The summed E-state index contributed by atoms with van der Waals surface area (Å²) < 4.78 is 2.21. The van der Waals surface area contributed by atoms with Gasteiger partial charge in [-0.1, -0.05) is 0 Å². The molecular formula is C14H23N5. The number of hydrogen-bond acceptors (Lipinski definition) is 3. The fraction of sp³-hybridized carbons (Fsp3) is 0.571. The van der Waals surface area contributed by atoms with Gasteiger partial charge in [0.2, 0.25) is 0 Å². The Labute approximate surface area is 114 Å². The predicted molar refractivity (Wildman–Crippen MR) is 75.7 cm³/mol. The molecule has 2 N–H and O–H groups in total. The van der Waals surface area contributed by atoms with Crippen LogP contribution in [-0.2, 0) is 19.5 Å². The molecule has 0 radical (unpaired) electrons. The third kappa shape index (κ3) is 4.52. The summed E-state index contributed by atoms with van der Waals surface area (Å²) in [6, 6.07) is 0. The van der Waals surface area contributed by atoms with Gasteiger partial charge in [0.05, 0.1) is 12.0 Å². The van der Waals surface area contributed by atoms with Crippen LogP contribution in [0.3, 0.4) is 0 Å². The van der Waals surface area contributed by atoms with Gasteiger partial charge in [-0.2, -0.15) is 0 Å². The first-order valence-electron chi connectivity index (χ1n) is 6.77. The van der Waals surface area contributed by atoms with Crippen molar-refractivity contribution >= 4 is 0 Å². The van der Waals surface area contributed by atoms with E-state index < -0.39 is 0 Å². The highest BCUT2D eigenvalue weighted by atomic mass is 15.1. The minimum atomic E-state index is 0.128. The van der Waals surface area contributed by atoms with Crippen LogP contribution in [0, 0.1) is 0 Å². The van der Waals surface area contributed by atoms with E-state index in [0.29, 0.717) is 0 Å². The van der Waals surface area contributed by atoms with E-state index in [4.69, 9.17) is 0 Å². The monoisotopic (exact) mass is 261 g/mol. The number of aryl methyl sites for hydroxylation is 2. The highest BCUT2D eigenvalue weighted by Crippen LogP contribution is 2.06. The maximum atomic E-state index is 4.24. The molecule has 0 spiro atoms. The lowest BCUT2D eigenvalue weighted by Gasteiger charge is -2.20. The van der Waals surface area contributed by atoms with E-state index in [9.17, 15) is 0 Å². The van der Waals surface area contributed by atoms with Crippen LogP contribution in [0.15, 0.2) is 24.9 Å². The lowest BCUT2D eigenvalue weighted by Crippen LogP contribution is -2.35. The molecule has 2 heterocycles. The van der Waals surface area contributed by atoms with E-state index in [0.717, 1.165) is 31.8 Å². The second kappa shape index (κ2) is 6.02. The van der Waals surface area contributed by atoms with Crippen LogP contribution in [0.4, 0.5) is 0 Å². The summed E-state index contributed by atoms with van der Waals surface area (Å²) >= 11 is 0. The van der Waals surface area contributed by atoms with Crippen LogP contribution in [0.1, 0.15) is 38.7 Å². The van der Waals surface area contributed by atoms with Crippen LogP contribution in [0.25, 0.3) is 0 Å². The van der Waals surface area contributed by atoms with Gasteiger partial charge in [0, 0.05) is 43.6 Å². The van der Waals surface area contributed by atoms with Crippen molar-refractivity contribution in [2.24, 2.45) is 0 Å². The van der Waals surface area contributed by atoms with Gasteiger partial charge in [-0.25, -0.2) is 9.97 Å². The zero-order chi connectivity index (χ0) is 13.7. The first-order chi connectivity index (χ1) is 9.04. The topological polar surface area (TPSA) is 58.5 Å². The fourth-order valence-electron chi connectivity index (χ4n) is 1.90. The summed E-state index contributed by atoms with van der Waals surface area (Å²) in [5.74, 6) is 1.05. The smallest absolute Gasteiger partial charge is 0.106 e. The van der Waals surface area contributed by atoms with E-state index in [1.54, 1.807) is 6.20 Å². The summed E-state index contributed by atoms with van der Waals surface area (Å²) in [5, 5.41) is 3.49. The molecule has 0 aliphatic carbocycles. The molecule has 0 amide bonds. The molecule has 5 nitrogen and oxygen atoms in total. The molecule has 0 saturated heterocycles. The Morgan fingerprint density at radius 1 is 1.37 bits per heavy atom. The SMILES string of the molecule is CC(C)(C)NCc1cncn1CCCc1ncc[nH]1. The second-order valence-electron chi connectivity index (χ2n) is 5.82. The number of nitrogens with one attached hydrogen (secondary N) is 2. The number of hydrogen-bond donors (Lipinski definition) is 2. The molecule has 0 aliphatic heterocycles. The van der Waals surface area contributed by atoms with Crippen molar-refractivity contribution < 1.29 is 0 Å². The normalized spacial score (nSPS) is 11.9. The molecule has 0 bridgehead atoms. The zero-order valence-electron chi connectivity index (χ0n) is 12.0. The van der Waals surface area contributed by atoms with Gasteiger partial charge in [0.1, 0.15) is 5.82 Å². The molecule has 2 aromatic heterocycles. The lowest BCUT2D eigenvalue weighted by atomic mass is 10.1. The maximum absolute atomic E-state index is 4.24. The number of aromatic nitrogens is 4. The van der Waals surface area contributed by atoms with Gasteiger partial charge in [-0.3, -0.25) is 0 Å². The summed E-state index contributed by atoms with van der Waals surface area (Å²) in [5.41, 5.74) is 1.36. The van der Waals surface area contributed by atoms with E-state index in [1.165, 1.54) is 5.69 Å². The van der Waals surface area contributed by atoms with E-state index in [2.05, 4.69) is 45.6 Å². The van der Waals surface area contributed by atoms with Crippen molar-refractivity contribution in [1.29, 1.82) is 0 Å². The van der Waals surface area contributed by atoms with Crippen LogP contribution in [0.2, 0.25) is 0 Å². The van der Waals surface area contributed by atoms with E-state index in [1.807, 2.05) is 18.7 Å². The third-order valence-corrected chi connectivity index (χ3v) is 2.97. The number of aromatic amines is 1. The van der Waals surface area contributed by atoms with Crippen molar-refractivity contribution in [3.8, 4) is 0 Å². The largest absolute Gasteiger partial charge is 0.349 e. The van der Waals surface area contributed by atoms with Crippen molar-refractivity contribution in [2.75, 3.05) is 0 Å². The first kappa shape index (κ1) is 13.8. The Kier molecular flexibility index (Phi) is 4.37. The van der Waals surface area contributed by atoms with Gasteiger partial charge in [0.15, 0.2) is 0 Å². The molecule has 0 atom stereocenters. The lowest BCUT2D eigenvalue weighted by molar-refractivity contribution is 0.414. The van der Waals surface area contributed by atoms with E-state index in [-0.39, 0.29) is 5.54 Å². The number of rotatable bonds is 6. The summed E-state index contributed by atoms with van der Waals surface area (Å²) in [6.07, 6.45) is 9.54. The molecule has 5 heteroatoms. The Hall–Kier alpha value is -1.62. The van der Waals surface area contributed by atoms with Crippen LogP contribution in [0.5, 0.6) is 0 Å². The van der Waals surface area contributed by atoms with Gasteiger partial charge in [-0.05, 0) is 27.2 Å². The summed E-state index contributed by atoms with van der Waals surface area (Å²) in [6.45, 7) is 8.34. The molecule has 19 heavy (non-hydrogen) atoms. The average molecular weight is 261 g/mol. The fourth-order valence-corrected chi connectivity index (χ4v) is 1.90. The quantitative estimate of drug-likeness (QED) is 0.837. The molecular weight excluding hydrogens is 238 g/mol. The summed E-state index contributed by atoms with van der Waals surface area (Å²) in [4.78, 5) is 11.6. The highest BCUT2D eigenvalue weighted by molar-refractivity contribution is 4.99. The van der Waals surface area contributed by atoms with Gasteiger partial charge in [-0.15, -0.1) is 0 Å². The molecule has 0 fully saturated rings. The third-order valence-electron chi connectivity index (χ3n) is 2.97. The Bertz CT molecular complexity index is 478. The van der Waals surface area contributed by atoms with Crippen molar-refractivity contribution in [2.45, 2.75) is 52.2 Å². The molecule has 0 unspecified atom stereocenters. The minimum Gasteiger partial charge on any atom is -0.349 e. The summed E-state index contributed by atoms with van der Waals surface area (Å²) in [7, 11) is 0. The molecule has 0 saturated carbocycles. The Morgan fingerprint density at radius 3 is 2.89 bits per heavy atom. The second-order valence-corrected chi connectivity index (χ2v) is 5.82. The van der Waals surface area contributed by atoms with Gasteiger partial charge >= 0.3 is 0 Å². The Balaban J connectivity index is 1.82. The number of H-pyrrole nitrogens is 1. The first-order valence-corrected chi connectivity index (χ1v) is 6.77. The van der Waals surface area contributed by atoms with E-state index >= 15 is 0 Å². The van der Waals surface area contributed by atoms with Crippen LogP contribution in [-0.4, -0.2) is 25.1 Å². The van der Waals surface area contributed by atoms with Crippen molar-refractivity contribution in [3.05, 3.63) is 36.4 Å². The van der Waals surface area contributed by atoms with Gasteiger partial charge < -0.3 is 14.9 Å². The number of imidazole rings is 2. The molecule has 2 aromatic rings. The predicted octanol–water partition coefficient (Wildman–Crippen LogP) is 2.13. The molecule has 0 aliphatic rings. The average Bonchev–Trinajstić information content (AvgIpc) is 2.96. The molecule has 104 valence electrons. The highest BCUT2D eigenvalue weighted by Gasteiger charge is 2.10. The molecule has 2 rings (SSSR count). The standard InChI is InChI=1S/C14H23N5/c1-14(2,3)18-10-12-9-15-11-19(12)8-4-5-13-16-6-7-17-13/h6-7,9,11,18H,4-5,8,10H2,1-3H3,(H,16,17). The number of nitrogens with zero attached hydrogens (tertiary/aromatic N) is 3. The van der Waals surface area contributed by atoms with Crippen LogP contribution < -0.4 is 5.32 Å². The van der Waals surface area contributed by atoms with Crippen molar-refractivity contribution in [3.63, 3.8) is 0 Å². The van der Waals surface area contributed by atoms with Gasteiger partial charge in [0.25, 0.3) is 0 Å². The molecule has 0 aromatic carbocycles. The Morgan fingerprint density at radius 2 is 2.21 bits per heavy atom. The maximum Gasteiger partial charge on any atom is 0.106 e. The van der Waals surface area contributed by atoms with Crippen molar-refractivity contribution in [1.82, 2.24) is 24.8 Å². The minimum absolute atomic E-state index is 0.128. The van der Waals surface area contributed by atoms with Crippen LogP contribution >= 0.6 is 0 Å². The zero-order valence-corrected chi connectivity index (χ0v) is 12.0.